The van der Waals surface area contributed by atoms with Crippen LogP contribution in [0, 0.1) is 0 Å². The molecule has 3 aromatic rings. The van der Waals surface area contributed by atoms with Gasteiger partial charge in [-0.3, -0.25) is 4.79 Å². The van der Waals surface area contributed by atoms with E-state index in [1.165, 1.54) is 0 Å². The minimum Gasteiger partial charge on any atom is -0.489 e. The van der Waals surface area contributed by atoms with E-state index in [2.05, 4.69) is 0 Å². The van der Waals surface area contributed by atoms with Crippen molar-refractivity contribution in [3.05, 3.63) is 65.9 Å². The normalized spacial score (nSPS) is 18.7. The first-order valence-electron chi connectivity index (χ1n) is 10.7. The first-order chi connectivity index (χ1) is 15.0. The van der Waals surface area contributed by atoms with Gasteiger partial charge in [0.1, 0.15) is 17.9 Å². The van der Waals surface area contributed by atoms with Crippen LogP contribution in [0.2, 0.25) is 0 Å². The molecule has 2 atom stereocenters. The summed E-state index contributed by atoms with van der Waals surface area (Å²) in [4.78, 5) is 27.4. The standard InChI is InChI=1S/C25H27NO5/c1-17-9-8-10-18(2)26(17)23(27)16-30-25(28)24-21(15-29-19-11-4-3-5-12-19)20-13-6-7-14-22(20)31-24/h3-7,11-14,17-18H,8-10,15-16H2,1-2H3/t17-,18-/m1/s1. The molecule has 162 valence electrons. The predicted octanol–water partition coefficient (Wildman–Crippen LogP) is 4.96. The van der Waals surface area contributed by atoms with Gasteiger partial charge in [-0.25, -0.2) is 4.79 Å². The molecule has 2 aromatic carbocycles. The third-order valence-electron chi connectivity index (χ3n) is 5.82. The van der Waals surface area contributed by atoms with Crippen molar-refractivity contribution in [3.63, 3.8) is 0 Å². The van der Waals surface area contributed by atoms with E-state index in [0.29, 0.717) is 16.9 Å². The maximum atomic E-state index is 12.9. The number of hydrogen-bond donors (Lipinski definition) is 0. The van der Waals surface area contributed by atoms with E-state index >= 15 is 0 Å². The number of carbonyl (C=O) groups is 2. The third kappa shape index (κ3) is 4.58. The molecule has 0 radical (unpaired) electrons. The number of nitrogens with zero attached hydrogens (tertiary/aromatic N) is 1. The van der Waals surface area contributed by atoms with Gasteiger partial charge in [-0.1, -0.05) is 36.4 Å². The average molecular weight is 421 g/mol. The number of fused-ring (bicyclic) bond motifs is 1. The van der Waals surface area contributed by atoms with Gasteiger partial charge in [0.15, 0.2) is 6.61 Å². The highest BCUT2D eigenvalue weighted by atomic mass is 16.5. The molecule has 1 aliphatic rings. The Morgan fingerprint density at radius 3 is 2.42 bits per heavy atom. The Bertz CT molecular complexity index is 1050. The number of piperidine rings is 1. The van der Waals surface area contributed by atoms with E-state index in [4.69, 9.17) is 13.9 Å². The lowest BCUT2D eigenvalue weighted by atomic mass is 9.97. The smallest absolute Gasteiger partial charge is 0.375 e. The van der Waals surface area contributed by atoms with Crippen molar-refractivity contribution in [1.29, 1.82) is 0 Å². The predicted molar refractivity (Wildman–Crippen MR) is 117 cm³/mol. The van der Waals surface area contributed by atoms with E-state index in [1.54, 1.807) is 6.07 Å². The molecular weight excluding hydrogens is 394 g/mol. The molecule has 0 saturated carbocycles. The fourth-order valence-electron chi connectivity index (χ4n) is 4.26. The average Bonchev–Trinajstić information content (AvgIpc) is 3.15. The summed E-state index contributed by atoms with van der Waals surface area (Å²) in [5.74, 6) is -0.0696. The van der Waals surface area contributed by atoms with E-state index in [1.807, 2.05) is 67.3 Å². The SMILES string of the molecule is C[C@@H]1CCC[C@@H](C)N1C(=O)COC(=O)c1oc2ccccc2c1COc1ccccc1. The Labute approximate surface area is 181 Å². The molecule has 1 aromatic heterocycles. The molecule has 1 amide bonds. The third-order valence-corrected chi connectivity index (χ3v) is 5.82. The minimum atomic E-state index is -0.659. The number of furan rings is 1. The zero-order valence-electron chi connectivity index (χ0n) is 17.9. The summed E-state index contributed by atoms with van der Waals surface area (Å²) in [5.41, 5.74) is 1.18. The molecule has 0 aliphatic carbocycles. The van der Waals surface area contributed by atoms with Gasteiger partial charge >= 0.3 is 5.97 Å². The van der Waals surface area contributed by atoms with Crippen LogP contribution in [0.5, 0.6) is 5.75 Å². The number of ether oxygens (including phenoxy) is 2. The van der Waals surface area contributed by atoms with Gasteiger partial charge < -0.3 is 18.8 Å². The lowest BCUT2D eigenvalue weighted by Crippen LogP contribution is -2.49. The summed E-state index contributed by atoms with van der Waals surface area (Å²) in [6.07, 6.45) is 3.04. The van der Waals surface area contributed by atoms with Gasteiger partial charge in [0.05, 0.1) is 5.56 Å². The van der Waals surface area contributed by atoms with E-state index in [9.17, 15) is 9.59 Å². The molecule has 0 spiro atoms. The van der Waals surface area contributed by atoms with Gasteiger partial charge in [0.25, 0.3) is 5.91 Å². The summed E-state index contributed by atoms with van der Waals surface area (Å²) < 4.78 is 17.0. The minimum absolute atomic E-state index is 0.0738. The number of carbonyl (C=O) groups excluding carboxylic acids is 2. The fourth-order valence-corrected chi connectivity index (χ4v) is 4.26. The first kappa shape index (κ1) is 21.0. The number of amides is 1. The second-order valence-electron chi connectivity index (χ2n) is 8.01. The van der Waals surface area contributed by atoms with Crippen molar-refractivity contribution in [3.8, 4) is 5.75 Å². The molecule has 1 aliphatic heterocycles. The molecule has 0 N–H and O–H groups in total. The number of hydrogen-bond acceptors (Lipinski definition) is 5. The highest BCUT2D eigenvalue weighted by Gasteiger charge is 2.30. The lowest BCUT2D eigenvalue weighted by Gasteiger charge is -2.38. The zero-order valence-corrected chi connectivity index (χ0v) is 17.9. The summed E-state index contributed by atoms with van der Waals surface area (Å²) in [6, 6.07) is 17.0. The number of para-hydroxylation sites is 2. The lowest BCUT2D eigenvalue weighted by molar-refractivity contribution is -0.140. The molecule has 0 unspecified atom stereocenters. The summed E-state index contributed by atoms with van der Waals surface area (Å²) in [7, 11) is 0. The van der Waals surface area contributed by atoms with Crippen molar-refractivity contribution in [2.24, 2.45) is 0 Å². The van der Waals surface area contributed by atoms with Crippen molar-refractivity contribution >= 4 is 22.8 Å². The van der Waals surface area contributed by atoms with Gasteiger partial charge in [0, 0.05) is 17.5 Å². The number of likely N-dealkylation sites (tertiary alicyclic amines) is 1. The number of rotatable bonds is 6. The summed E-state index contributed by atoms with van der Waals surface area (Å²) in [6.45, 7) is 3.92. The zero-order chi connectivity index (χ0) is 21.8. The van der Waals surface area contributed by atoms with Crippen LogP contribution in [0.15, 0.2) is 59.0 Å². The van der Waals surface area contributed by atoms with Gasteiger partial charge in [-0.05, 0) is 51.3 Å². The van der Waals surface area contributed by atoms with Crippen LogP contribution >= 0.6 is 0 Å². The van der Waals surface area contributed by atoms with Crippen molar-refractivity contribution in [1.82, 2.24) is 4.90 Å². The number of esters is 1. The molecular formula is C25H27NO5. The second kappa shape index (κ2) is 9.25. The van der Waals surface area contributed by atoms with Crippen LogP contribution in [0.1, 0.15) is 49.2 Å². The molecule has 31 heavy (non-hydrogen) atoms. The molecule has 6 nitrogen and oxygen atoms in total. The highest BCUT2D eigenvalue weighted by molar-refractivity contribution is 5.97. The van der Waals surface area contributed by atoms with Gasteiger partial charge in [-0.2, -0.15) is 0 Å². The quantitative estimate of drug-likeness (QED) is 0.526. The Morgan fingerprint density at radius 1 is 1.00 bits per heavy atom. The summed E-state index contributed by atoms with van der Waals surface area (Å²) >= 11 is 0. The Morgan fingerprint density at radius 2 is 1.68 bits per heavy atom. The monoisotopic (exact) mass is 421 g/mol. The first-order valence-corrected chi connectivity index (χ1v) is 10.7. The molecule has 1 fully saturated rings. The number of benzene rings is 2. The molecule has 0 bridgehead atoms. The van der Waals surface area contributed by atoms with E-state index < -0.39 is 5.97 Å². The van der Waals surface area contributed by atoms with Gasteiger partial charge in [-0.15, -0.1) is 0 Å². The van der Waals surface area contributed by atoms with Crippen LogP contribution in [0.4, 0.5) is 0 Å². The molecule has 1 saturated heterocycles. The van der Waals surface area contributed by atoms with Crippen LogP contribution < -0.4 is 4.74 Å². The maximum Gasteiger partial charge on any atom is 0.375 e. The Balaban J connectivity index is 1.50. The van der Waals surface area contributed by atoms with Crippen LogP contribution in [0.25, 0.3) is 11.0 Å². The largest absolute Gasteiger partial charge is 0.489 e. The topological polar surface area (TPSA) is 69.0 Å². The molecule has 6 heteroatoms. The van der Waals surface area contributed by atoms with Crippen LogP contribution in [0.3, 0.4) is 0 Å². The van der Waals surface area contributed by atoms with Crippen LogP contribution in [-0.4, -0.2) is 35.5 Å². The van der Waals surface area contributed by atoms with Crippen molar-refractivity contribution < 1.29 is 23.5 Å². The van der Waals surface area contributed by atoms with Crippen LogP contribution in [-0.2, 0) is 16.1 Å². The van der Waals surface area contributed by atoms with Crippen molar-refractivity contribution in [2.45, 2.75) is 51.8 Å². The van der Waals surface area contributed by atoms with Gasteiger partial charge in [0.2, 0.25) is 5.76 Å². The fraction of sp³-hybridized carbons (Fsp3) is 0.360. The summed E-state index contributed by atoms with van der Waals surface area (Å²) in [5, 5.41) is 0.787. The molecule has 2 heterocycles. The maximum absolute atomic E-state index is 12.9. The Hall–Kier alpha value is -3.28. The van der Waals surface area contributed by atoms with E-state index in [0.717, 1.165) is 24.6 Å². The van der Waals surface area contributed by atoms with Crippen molar-refractivity contribution in [2.75, 3.05) is 6.61 Å². The Kier molecular flexibility index (Phi) is 6.26. The molecule has 4 rings (SSSR count). The van der Waals surface area contributed by atoms with E-state index in [-0.39, 0.29) is 37.0 Å². The highest BCUT2D eigenvalue weighted by Crippen LogP contribution is 2.28. The second-order valence-corrected chi connectivity index (χ2v) is 8.01.